The molecule has 1 amide bonds. The van der Waals surface area contributed by atoms with E-state index in [1.165, 1.54) is 4.31 Å². The van der Waals surface area contributed by atoms with Gasteiger partial charge in [-0.2, -0.15) is 0 Å². The number of ether oxygens (including phenoxy) is 2. The largest absolute Gasteiger partial charge is 0.486 e. The molecule has 1 fully saturated rings. The Labute approximate surface area is 181 Å². The number of carbonyl (C=O) groups excluding carboxylic acids is 1. The van der Waals surface area contributed by atoms with Crippen LogP contribution in [0.2, 0.25) is 5.02 Å². The highest BCUT2D eigenvalue weighted by molar-refractivity contribution is 7.88. The fraction of sp³-hybridized carbons (Fsp3) is 0.381. The SMILES string of the molecule is O=C(Nc1ccc2c(c1)OCCO2)C1CCN(S(=O)(=O)Cc2cccc(Cl)c2)CC1. The molecule has 2 aromatic carbocycles. The van der Waals surface area contributed by atoms with E-state index in [0.29, 0.717) is 66.9 Å². The summed E-state index contributed by atoms with van der Waals surface area (Å²) in [4.78, 5) is 12.7. The van der Waals surface area contributed by atoms with Crippen molar-refractivity contribution in [2.45, 2.75) is 18.6 Å². The lowest BCUT2D eigenvalue weighted by molar-refractivity contribution is -0.120. The van der Waals surface area contributed by atoms with Crippen LogP contribution >= 0.6 is 11.6 Å². The molecule has 0 bridgehead atoms. The van der Waals surface area contributed by atoms with Gasteiger partial charge in [-0.25, -0.2) is 12.7 Å². The number of fused-ring (bicyclic) bond motifs is 1. The average molecular weight is 451 g/mol. The summed E-state index contributed by atoms with van der Waals surface area (Å²) in [5.74, 6) is 0.828. The normalized spacial score (nSPS) is 17.5. The summed E-state index contributed by atoms with van der Waals surface area (Å²) in [5.41, 5.74) is 1.29. The van der Waals surface area contributed by atoms with Crippen molar-refractivity contribution in [3.8, 4) is 11.5 Å². The zero-order valence-corrected chi connectivity index (χ0v) is 17.9. The Morgan fingerprint density at radius 1 is 1.07 bits per heavy atom. The molecule has 2 heterocycles. The van der Waals surface area contributed by atoms with Gasteiger partial charge in [-0.1, -0.05) is 23.7 Å². The molecule has 0 atom stereocenters. The third-order valence-electron chi connectivity index (χ3n) is 5.27. The first-order chi connectivity index (χ1) is 14.4. The van der Waals surface area contributed by atoms with E-state index in [1.54, 1.807) is 42.5 Å². The van der Waals surface area contributed by atoms with Crippen LogP contribution < -0.4 is 14.8 Å². The lowest BCUT2D eigenvalue weighted by Crippen LogP contribution is -2.41. The first kappa shape index (κ1) is 21.0. The summed E-state index contributed by atoms with van der Waals surface area (Å²) in [7, 11) is -3.46. The molecule has 7 nitrogen and oxygen atoms in total. The summed E-state index contributed by atoms with van der Waals surface area (Å²) < 4.78 is 37.9. The van der Waals surface area contributed by atoms with Crippen LogP contribution in [0.15, 0.2) is 42.5 Å². The van der Waals surface area contributed by atoms with E-state index in [2.05, 4.69) is 5.32 Å². The highest BCUT2D eigenvalue weighted by Gasteiger charge is 2.31. The Bertz CT molecular complexity index is 1040. The van der Waals surface area contributed by atoms with E-state index >= 15 is 0 Å². The van der Waals surface area contributed by atoms with Crippen molar-refractivity contribution in [1.29, 1.82) is 0 Å². The molecule has 0 aliphatic carbocycles. The first-order valence-corrected chi connectivity index (χ1v) is 11.8. The smallest absolute Gasteiger partial charge is 0.227 e. The van der Waals surface area contributed by atoms with Crippen molar-refractivity contribution in [3.05, 3.63) is 53.1 Å². The van der Waals surface area contributed by atoms with Crippen LogP contribution in [-0.4, -0.2) is 44.9 Å². The van der Waals surface area contributed by atoms with Crippen molar-refractivity contribution < 1.29 is 22.7 Å². The van der Waals surface area contributed by atoms with Crippen molar-refractivity contribution in [2.75, 3.05) is 31.6 Å². The quantitative estimate of drug-likeness (QED) is 0.755. The van der Waals surface area contributed by atoms with Crippen molar-refractivity contribution in [3.63, 3.8) is 0 Å². The number of hydrogen-bond acceptors (Lipinski definition) is 5. The summed E-state index contributed by atoms with van der Waals surface area (Å²) in [5, 5.41) is 3.42. The summed E-state index contributed by atoms with van der Waals surface area (Å²) in [6.07, 6.45) is 0.955. The molecular weight excluding hydrogens is 428 g/mol. The minimum Gasteiger partial charge on any atom is -0.486 e. The van der Waals surface area contributed by atoms with Crippen LogP contribution in [0.1, 0.15) is 18.4 Å². The van der Waals surface area contributed by atoms with Gasteiger partial charge in [0.25, 0.3) is 0 Å². The molecule has 2 aliphatic rings. The van der Waals surface area contributed by atoms with Crippen molar-refractivity contribution in [1.82, 2.24) is 4.31 Å². The number of halogens is 1. The lowest BCUT2D eigenvalue weighted by atomic mass is 9.97. The summed E-state index contributed by atoms with van der Waals surface area (Å²) >= 11 is 5.95. The Balaban J connectivity index is 1.33. The molecule has 1 N–H and O–H groups in total. The van der Waals surface area contributed by atoms with Crippen LogP contribution in [0.5, 0.6) is 11.5 Å². The second kappa shape index (κ2) is 8.83. The number of benzene rings is 2. The second-order valence-corrected chi connectivity index (χ2v) is 9.81. The van der Waals surface area contributed by atoms with Gasteiger partial charge in [0.1, 0.15) is 13.2 Å². The molecule has 9 heteroatoms. The fourth-order valence-electron chi connectivity index (χ4n) is 3.69. The average Bonchev–Trinajstić information content (AvgIpc) is 2.73. The number of piperidine rings is 1. The van der Waals surface area contributed by atoms with Gasteiger partial charge in [-0.3, -0.25) is 4.79 Å². The second-order valence-electron chi connectivity index (χ2n) is 7.41. The maximum atomic E-state index is 12.7. The molecule has 160 valence electrons. The van der Waals surface area contributed by atoms with Gasteiger partial charge < -0.3 is 14.8 Å². The molecule has 1 saturated heterocycles. The van der Waals surface area contributed by atoms with Crippen molar-refractivity contribution >= 4 is 33.2 Å². The van der Waals surface area contributed by atoms with E-state index < -0.39 is 10.0 Å². The van der Waals surface area contributed by atoms with Gasteiger partial charge in [0.05, 0.1) is 5.75 Å². The lowest BCUT2D eigenvalue weighted by Gasteiger charge is -2.30. The molecule has 4 rings (SSSR count). The van der Waals surface area contributed by atoms with Gasteiger partial charge in [-0.15, -0.1) is 0 Å². The predicted octanol–water partition coefficient (Wildman–Crippen LogP) is 3.29. The number of amides is 1. The number of nitrogens with zero attached hydrogens (tertiary/aromatic N) is 1. The predicted molar refractivity (Wildman–Crippen MR) is 114 cm³/mol. The van der Waals surface area contributed by atoms with Gasteiger partial charge in [0, 0.05) is 35.8 Å². The molecule has 30 heavy (non-hydrogen) atoms. The molecule has 0 unspecified atom stereocenters. The maximum Gasteiger partial charge on any atom is 0.227 e. The standard InChI is InChI=1S/C21H23ClN2O5S/c22-17-3-1-2-15(12-17)14-30(26,27)24-8-6-16(7-9-24)21(25)23-18-4-5-19-20(13-18)29-11-10-28-19/h1-5,12-13,16H,6-11,14H2,(H,23,25). The number of hydrogen-bond donors (Lipinski definition) is 1. The molecule has 2 aliphatic heterocycles. The molecule has 0 radical (unpaired) electrons. The molecule has 0 aromatic heterocycles. The minimum absolute atomic E-state index is 0.0956. The highest BCUT2D eigenvalue weighted by Crippen LogP contribution is 2.33. The van der Waals surface area contributed by atoms with Crippen LogP contribution in [0, 0.1) is 5.92 Å². The van der Waals surface area contributed by atoms with Gasteiger partial charge in [-0.05, 0) is 42.7 Å². The number of anilines is 1. The zero-order chi connectivity index (χ0) is 21.1. The van der Waals surface area contributed by atoms with E-state index in [4.69, 9.17) is 21.1 Å². The molecular formula is C21H23ClN2O5S. The number of sulfonamides is 1. The summed E-state index contributed by atoms with van der Waals surface area (Å²) in [6.45, 7) is 1.63. The zero-order valence-electron chi connectivity index (χ0n) is 16.3. The van der Waals surface area contributed by atoms with E-state index in [1.807, 2.05) is 0 Å². The Hall–Kier alpha value is -2.29. The van der Waals surface area contributed by atoms with E-state index in [0.717, 1.165) is 0 Å². The topological polar surface area (TPSA) is 84.9 Å². The third kappa shape index (κ3) is 4.88. The van der Waals surface area contributed by atoms with Crippen LogP contribution in [0.3, 0.4) is 0 Å². The van der Waals surface area contributed by atoms with Crippen molar-refractivity contribution in [2.24, 2.45) is 5.92 Å². The number of carbonyl (C=O) groups is 1. The molecule has 0 saturated carbocycles. The molecule has 0 spiro atoms. The van der Waals surface area contributed by atoms with Gasteiger partial charge >= 0.3 is 0 Å². The van der Waals surface area contributed by atoms with Crippen LogP contribution in [0.25, 0.3) is 0 Å². The molecule has 2 aromatic rings. The number of nitrogens with one attached hydrogen (secondary N) is 1. The minimum atomic E-state index is -3.46. The first-order valence-electron chi connectivity index (χ1n) is 9.83. The van der Waals surface area contributed by atoms with Gasteiger partial charge in [0.15, 0.2) is 11.5 Å². The highest BCUT2D eigenvalue weighted by atomic mass is 35.5. The Morgan fingerprint density at radius 2 is 1.80 bits per heavy atom. The van der Waals surface area contributed by atoms with Crippen LogP contribution in [0.4, 0.5) is 5.69 Å². The van der Waals surface area contributed by atoms with Crippen LogP contribution in [-0.2, 0) is 20.6 Å². The number of rotatable bonds is 5. The van der Waals surface area contributed by atoms with E-state index in [-0.39, 0.29) is 17.6 Å². The van der Waals surface area contributed by atoms with E-state index in [9.17, 15) is 13.2 Å². The van der Waals surface area contributed by atoms with Gasteiger partial charge in [0.2, 0.25) is 15.9 Å². The maximum absolute atomic E-state index is 12.7. The third-order valence-corrected chi connectivity index (χ3v) is 7.35. The Kier molecular flexibility index (Phi) is 6.17. The fourth-order valence-corrected chi connectivity index (χ4v) is 5.45. The Morgan fingerprint density at radius 3 is 2.53 bits per heavy atom. The monoisotopic (exact) mass is 450 g/mol. The summed E-state index contributed by atoms with van der Waals surface area (Å²) in [6, 6.07) is 12.1.